The van der Waals surface area contributed by atoms with Crippen LogP contribution in [0, 0.1) is 6.92 Å². The molecule has 136 valence electrons. The Morgan fingerprint density at radius 2 is 1.85 bits per heavy atom. The smallest absolute Gasteiger partial charge is 0.279 e. The fourth-order valence-corrected chi connectivity index (χ4v) is 3.99. The van der Waals surface area contributed by atoms with Crippen molar-refractivity contribution in [2.45, 2.75) is 18.5 Å². The number of aromatic nitrogens is 4. The number of hydrogen-bond donors (Lipinski definition) is 0. The Bertz CT molecular complexity index is 1150. The Labute approximate surface area is 165 Å². The first-order valence-corrected chi connectivity index (χ1v) is 9.90. The molecule has 0 aliphatic rings. The first-order valence-electron chi connectivity index (χ1n) is 8.54. The minimum Gasteiger partial charge on any atom is -0.279 e. The van der Waals surface area contributed by atoms with Gasteiger partial charge in [-0.05, 0) is 36.6 Å². The van der Waals surface area contributed by atoms with E-state index >= 15 is 0 Å². The average Bonchev–Trinajstić information content (AvgIpc) is 3.10. The van der Waals surface area contributed by atoms with E-state index in [-0.39, 0.29) is 5.56 Å². The molecule has 27 heavy (non-hydrogen) atoms. The van der Waals surface area contributed by atoms with Crippen LogP contribution in [-0.4, -0.2) is 24.9 Å². The highest BCUT2D eigenvalue weighted by Crippen LogP contribution is 2.22. The van der Waals surface area contributed by atoms with E-state index in [9.17, 15) is 4.79 Å². The topological polar surface area (TPSA) is 52.2 Å². The molecular weight excluding hydrogens is 380 g/mol. The van der Waals surface area contributed by atoms with Crippen LogP contribution in [0.5, 0.6) is 0 Å². The third kappa shape index (κ3) is 3.50. The molecule has 0 N–H and O–H groups in total. The molecule has 0 atom stereocenters. The molecule has 0 unspecified atom stereocenters. The summed E-state index contributed by atoms with van der Waals surface area (Å²) < 4.78 is 3.30. The lowest BCUT2D eigenvalue weighted by Crippen LogP contribution is -2.21. The second-order valence-electron chi connectivity index (χ2n) is 6.12. The molecule has 0 saturated heterocycles. The minimum absolute atomic E-state index is 0.217. The van der Waals surface area contributed by atoms with Crippen molar-refractivity contribution >= 4 is 29.0 Å². The van der Waals surface area contributed by atoms with Crippen LogP contribution >= 0.6 is 23.4 Å². The lowest BCUT2D eigenvalue weighted by atomic mass is 10.2. The fraction of sp³-hybridized carbons (Fsp3) is 0.150. The Hall–Kier alpha value is -2.57. The fourth-order valence-electron chi connectivity index (χ4n) is 2.92. The number of aryl methyl sites for hydroxylation is 1. The largest absolute Gasteiger partial charge is 0.300 e. The van der Waals surface area contributed by atoms with Gasteiger partial charge in [-0.25, -0.2) is 0 Å². The van der Waals surface area contributed by atoms with Crippen molar-refractivity contribution in [3.63, 3.8) is 0 Å². The monoisotopic (exact) mass is 396 g/mol. The van der Waals surface area contributed by atoms with Gasteiger partial charge >= 0.3 is 5.56 Å². The van der Waals surface area contributed by atoms with E-state index in [0.717, 1.165) is 23.4 Å². The summed E-state index contributed by atoms with van der Waals surface area (Å²) >= 11 is 7.78. The predicted octanol–water partition coefficient (Wildman–Crippen LogP) is 4.18. The van der Waals surface area contributed by atoms with Gasteiger partial charge in [-0.2, -0.15) is 0 Å². The van der Waals surface area contributed by atoms with Gasteiger partial charge in [-0.15, -0.1) is 10.2 Å². The molecule has 0 amide bonds. The molecule has 0 fully saturated rings. The van der Waals surface area contributed by atoms with Crippen LogP contribution in [-0.2, 0) is 6.42 Å². The van der Waals surface area contributed by atoms with Gasteiger partial charge in [0.1, 0.15) is 0 Å². The van der Waals surface area contributed by atoms with E-state index in [1.165, 1.54) is 5.56 Å². The molecule has 2 aromatic carbocycles. The Kier molecular flexibility index (Phi) is 5.01. The van der Waals surface area contributed by atoms with Crippen LogP contribution < -0.4 is 5.56 Å². The highest BCUT2D eigenvalue weighted by Gasteiger charge is 2.13. The highest BCUT2D eigenvalue weighted by molar-refractivity contribution is 7.99. The lowest BCUT2D eigenvalue weighted by molar-refractivity contribution is 0.889. The molecule has 7 heteroatoms. The number of benzene rings is 2. The quantitative estimate of drug-likeness (QED) is 0.475. The molecular formula is C20H17ClN4OS. The Balaban J connectivity index is 1.62. The zero-order valence-electron chi connectivity index (χ0n) is 14.7. The summed E-state index contributed by atoms with van der Waals surface area (Å²) in [6, 6.07) is 15.8. The number of fused-ring (bicyclic) bond motifs is 1. The Morgan fingerprint density at radius 3 is 2.67 bits per heavy atom. The molecule has 4 rings (SSSR count). The van der Waals surface area contributed by atoms with Crippen molar-refractivity contribution < 1.29 is 0 Å². The summed E-state index contributed by atoms with van der Waals surface area (Å²) in [6.07, 6.45) is 4.49. The average molecular weight is 397 g/mol. The Morgan fingerprint density at radius 1 is 1.04 bits per heavy atom. The molecule has 2 heterocycles. The zero-order valence-corrected chi connectivity index (χ0v) is 16.2. The van der Waals surface area contributed by atoms with Crippen molar-refractivity contribution in [1.82, 2.24) is 19.2 Å². The number of rotatable bonds is 5. The third-order valence-electron chi connectivity index (χ3n) is 4.40. The van der Waals surface area contributed by atoms with Gasteiger partial charge in [0, 0.05) is 23.2 Å². The van der Waals surface area contributed by atoms with Gasteiger partial charge in [0.2, 0.25) is 5.65 Å². The molecule has 0 saturated carbocycles. The number of hydrogen-bond acceptors (Lipinski definition) is 4. The van der Waals surface area contributed by atoms with E-state index in [2.05, 4.69) is 22.3 Å². The molecule has 4 aromatic rings. The number of halogens is 1. The second kappa shape index (κ2) is 7.58. The van der Waals surface area contributed by atoms with Gasteiger partial charge in [0.15, 0.2) is 5.16 Å². The van der Waals surface area contributed by atoms with E-state index in [1.807, 2.05) is 49.5 Å². The van der Waals surface area contributed by atoms with E-state index in [4.69, 9.17) is 11.6 Å². The van der Waals surface area contributed by atoms with E-state index < -0.39 is 0 Å². The van der Waals surface area contributed by atoms with Crippen LogP contribution in [0.25, 0.3) is 11.3 Å². The van der Waals surface area contributed by atoms with Crippen LogP contribution in [0.1, 0.15) is 11.1 Å². The first kappa shape index (κ1) is 17.8. The molecule has 0 spiro atoms. The van der Waals surface area contributed by atoms with Crippen molar-refractivity contribution in [2.75, 3.05) is 5.75 Å². The minimum atomic E-state index is -0.217. The maximum absolute atomic E-state index is 12.9. The zero-order chi connectivity index (χ0) is 18.8. The molecule has 0 radical (unpaired) electrons. The molecule has 0 aliphatic heterocycles. The first-order chi connectivity index (χ1) is 13.1. The van der Waals surface area contributed by atoms with Crippen LogP contribution in [0.15, 0.2) is 70.9 Å². The summed E-state index contributed by atoms with van der Waals surface area (Å²) in [7, 11) is 0. The van der Waals surface area contributed by atoms with Crippen molar-refractivity contribution in [1.29, 1.82) is 0 Å². The van der Waals surface area contributed by atoms with Crippen molar-refractivity contribution in [2.24, 2.45) is 0 Å². The van der Waals surface area contributed by atoms with Gasteiger partial charge < -0.3 is 0 Å². The van der Waals surface area contributed by atoms with Gasteiger partial charge in [-0.1, -0.05) is 59.8 Å². The molecule has 2 aromatic heterocycles. The van der Waals surface area contributed by atoms with Gasteiger partial charge in [0.05, 0.1) is 5.69 Å². The molecule has 0 aliphatic carbocycles. The lowest BCUT2D eigenvalue weighted by Gasteiger charge is -2.10. The normalized spacial score (nSPS) is 11.2. The van der Waals surface area contributed by atoms with Gasteiger partial charge in [0.25, 0.3) is 0 Å². The molecule has 5 nitrogen and oxygen atoms in total. The predicted molar refractivity (Wildman–Crippen MR) is 109 cm³/mol. The van der Waals surface area contributed by atoms with Crippen LogP contribution in [0.4, 0.5) is 0 Å². The highest BCUT2D eigenvalue weighted by atomic mass is 35.5. The van der Waals surface area contributed by atoms with Gasteiger partial charge in [-0.3, -0.25) is 13.8 Å². The summed E-state index contributed by atoms with van der Waals surface area (Å²) in [4.78, 5) is 12.9. The summed E-state index contributed by atoms with van der Waals surface area (Å²) in [5.41, 5.74) is 2.96. The van der Waals surface area contributed by atoms with E-state index in [0.29, 0.717) is 15.8 Å². The SMILES string of the molecule is Cc1c(Cl)cccc1-n1ccn2c(SCCc3ccccc3)nnc2c1=O. The number of nitrogens with zero attached hydrogens (tertiary/aromatic N) is 4. The second-order valence-corrected chi connectivity index (χ2v) is 7.59. The van der Waals surface area contributed by atoms with E-state index in [1.54, 1.807) is 26.9 Å². The maximum atomic E-state index is 12.9. The maximum Gasteiger partial charge on any atom is 0.300 e. The summed E-state index contributed by atoms with van der Waals surface area (Å²) in [5.74, 6) is 0.862. The van der Waals surface area contributed by atoms with Crippen LogP contribution in [0.3, 0.4) is 0 Å². The third-order valence-corrected chi connectivity index (χ3v) is 5.76. The number of thioether (sulfide) groups is 1. The van der Waals surface area contributed by atoms with Crippen molar-refractivity contribution in [3.8, 4) is 5.69 Å². The van der Waals surface area contributed by atoms with Crippen molar-refractivity contribution in [3.05, 3.63) is 87.4 Å². The summed E-state index contributed by atoms with van der Waals surface area (Å²) in [5, 5.41) is 9.65. The summed E-state index contributed by atoms with van der Waals surface area (Å²) in [6.45, 7) is 1.89. The van der Waals surface area contributed by atoms with Crippen LogP contribution in [0.2, 0.25) is 5.02 Å². The molecule has 0 bridgehead atoms. The standard InChI is InChI=1S/C20H17ClN4OS/c1-14-16(21)8-5-9-17(14)24-11-12-25-18(19(24)26)22-23-20(25)27-13-10-15-6-3-2-4-7-15/h2-9,11-12H,10,13H2,1H3.